The Bertz CT molecular complexity index is 1070. The zero-order chi connectivity index (χ0) is 26.9. The maximum absolute atomic E-state index is 12.4. The van der Waals surface area contributed by atoms with Crippen LogP contribution in [0, 0.1) is 17.2 Å². The van der Waals surface area contributed by atoms with Crippen molar-refractivity contribution < 1.29 is 23.7 Å². The number of methoxy groups -OCH3 is 4. The third-order valence-corrected chi connectivity index (χ3v) is 7.06. The molecule has 2 atom stereocenters. The van der Waals surface area contributed by atoms with Gasteiger partial charge < -0.3 is 18.9 Å². The number of likely N-dealkylation sites (N-methyl/N-ethyl adjacent to an activating group) is 1. The number of nitrogens with zero attached hydrogens (tertiary/aromatic N) is 2. The molecule has 0 heterocycles. The minimum absolute atomic E-state index is 0. The van der Waals surface area contributed by atoms with E-state index in [0.717, 1.165) is 11.1 Å². The molecule has 0 aliphatic carbocycles. The van der Waals surface area contributed by atoms with Gasteiger partial charge in [0.1, 0.15) is 0 Å². The zero-order valence-electron chi connectivity index (χ0n) is 22.7. The number of halogens is 2. The molecule has 0 aromatic heterocycles. The Labute approximate surface area is 232 Å². The first-order valence-electron chi connectivity index (χ1n) is 11.9. The van der Waals surface area contributed by atoms with Crippen LogP contribution in [0.5, 0.6) is 23.0 Å². The van der Waals surface area contributed by atoms with Crippen LogP contribution in [0.1, 0.15) is 44.2 Å². The molecule has 37 heavy (non-hydrogen) atoms. The average Bonchev–Trinajstić information content (AvgIpc) is 2.87. The predicted molar refractivity (Wildman–Crippen MR) is 148 cm³/mol. The Hall–Kier alpha value is -2.66. The van der Waals surface area contributed by atoms with Gasteiger partial charge in [-0.3, -0.25) is 9.69 Å². The van der Waals surface area contributed by atoms with Crippen molar-refractivity contribution in [3.63, 3.8) is 0 Å². The lowest BCUT2D eigenvalue weighted by Gasteiger charge is -2.33. The molecule has 2 rings (SSSR count). The second-order valence-electron chi connectivity index (χ2n) is 9.12. The van der Waals surface area contributed by atoms with Gasteiger partial charge in [0.25, 0.3) is 0 Å². The highest BCUT2D eigenvalue weighted by atomic mass is 35.5. The van der Waals surface area contributed by atoms with Crippen LogP contribution in [0.3, 0.4) is 0 Å². The summed E-state index contributed by atoms with van der Waals surface area (Å²) in [6, 6.07) is 13.3. The fourth-order valence-corrected chi connectivity index (χ4v) is 4.86. The summed E-state index contributed by atoms with van der Waals surface area (Å²) in [5.41, 5.74) is 1.09. The predicted octanol–water partition coefficient (Wildman–Crippen LogP) is 6.00. The van der Waals surface area contributed by atoms with Crippen molar-refractivity contribution in [3.8, 4) is 29.1 Å². The van der Waals surface area contributed by atoms with Crippen LogP contribution < -0.4 is 18.9 Å². The van der Waals surface area contributed by atoms with Gasteiger partial charge in [-0.05, 0) is 79.2 Å². The third kappa shape index (κ3) is 7.67. The zero-order valence-corrected chi connectivity index (χ0v) is 24.2. The van der Waals surface area contributed by atoms with E-state index in [2.05, 4.69) is 6.07 Å². The average molecular weight is 554 g/mol. The quantitative estimate of drug-likeness (QED) is 0.266. The number of hydrogen-bond donors (Lipinski definition) is 0. The van der Waals surface area contributed by atoms with E-state index in [1.165, 1.54) is 0 Å². The summed E-state index contributed by atoms with van der Waals surface area (Å²) in [6.45, 7) is 4.58. The van der Waals surface area contributed by atoms with E-state index in [-0.39, 0.29) is 18.3 Å². The Morgan fingerprint density at radius 2 is 1.51 bits per heavy atom. The Morgan fingerprint density at radius 3 is 2.00 bits per heavy atom. The molecule has 204 valence electrons. The highest BCUT2D eigenvalue weighted by Crippen LogP contribution is 2.41. The van der Waals surface area contributed by atoms with Gasteiger partial charge in [0, 0.05) is 6.54 Å². The van der Waals surface area contributed by atoms with Gasteiger partial charge >= 0.3 is 0 Å². The van der Waals surface area contributed by atoms with Crippen molar-refractivity contribution in [1.29, 1.82) is 5.26 Å². The van der Waals surface area contributed by atoms with Crippen LogP contribution in [0.15, 0.2) is 36.4 Å². The number of carbonyl (C=O) groups is 1. The van der Waals surface area contributed by atoms with Gasteiger partial charge in [-0.15, -0.1) is 12.4 Å². The molecule has 0 amide bonds. The molecule has 7 nitrogen and oxygen atoms in total. The first-order chi connectivity index (χ1) is 17.2. The topological polar surface area (TPSA) is 81.0 Å². The smallest absolute Gasteiger partial charge is 0.238 e. The van der Waals surface area contributed by atoms with E-state index in [4.69, 9.17) is 30.5 Å². The number of hydrogen-bond acceptors (Lipinski definition) is 7. The van der Waals surface area contributed by atoms with Gasteiger partial charge in [-0.2, -0.15) is 5.26 Å². The molecule has 0 radical (unpaired) electrons. The lowest BCUT2D eigenvalue weighted by molar-refractivity contribution is -0.116. The summed E-state index contributed by atoms with van der Waals surface area (Å²) in [5, 5.41) is 9.89. The maximum atomic E-state index is 12.4. The van der Waals surface area contributed by atoms with Gasteiger partial charge in [0.15, 0.2) is 23.0 Å². The number of benzene rings is 2. The lowest BCUT2D eigenvalue weighted by Crippen LogP contribution is -2.37. The summed E-state index contributed by atoms with van der Waals surface area (Å²) in [7, 11) is 8.21. The largest absolute Gasteiger partial charge is 0.493 e. The molecule has 0 N–H and O–H groups in total. The monoisotopic (exact) mass is 552 g/mol. The number of ether oxygens (including phenoxy) is 4. The van der Waals surface area contributed by atoms with Crippen molar-refractivity contribution in [2.75, 3.05) is 35.5 Å². The number of nitriles is 1. The molecule has 0 saturated carbocycles. The highest BCUT2D eigenvalue weighted by Gasteiger charge is 2.37. The molecule has 0 aliphatic rings. The first kappa shape index (κ1) is 32.4. The molecule has 2 aromatic rings. The molecule has 0 saturated heterocycles. The second kappa shape index (κ2) is 14.9. The van der Waals surface area contributed by atoms with Crippen LogP contribution in [0.4, 0.5) is 0 Å². The fraction of sp³-hybridized carbons (Fsp3) is 0.500. The fourth-order valence-electron chi connectivity index (χ4n) is 4.59. The molecular weight excluding hydrogens is 515 g/mol. The molecular formula is C28H38Cl2N2O5. The second-order valence-corrected chi connectivity index (χ2v) is 9.50. The minimum atomic E-state index is -0.749. The highest BCUT2D eigenvalue weighted by molar-refractivity contribution is 6.64. The summed E-state index contributed by atoms with van der Waals surface area (Å²) in [4.78, 5) is 14.3. The van der Waals surface area contributed by atoms with E-state index in [1.807, 2.05) is 62.2 Å². The van der Waals surface area contributed by atoms with Crippen LogP contribution >= 0.6 is 24.0 Å². The minimum Gasteiger partial charge on any atom is -0.493 e. The van der Waals surface area contributed by atoms with Crippen molar-refractivity contribution >= 4 is 29.3 Å². The molecule has 0 spiro atoms. The van der Waals surface area contributed by atoms with Crippen LogP contribution in [-0.4, -0.2) is 51.7 Å². The lowest BCUT2D eigenvalue weighted by atomic mass is 9.69. The van der Waals surface area contributed by atoms with Crippen molar-refractivity contribution in [2.24, 2.45) is 5.92 Å². The molecule has 0 aliphatic heterocycles. The summed E-state index contributed by atoms with van der Waals surface area (Å²) in [6.07, 6.45) is 1.73. The molecule has 9 heteroatoms. The Balaban J connectivity index is 0.00000684. The SMILES string of the molecule is COc1ccc(CN(C)C(CCCC(C#N)(c2ccc(OC)c(OC)c2)C(C)C)C(=O)Cl)cc1OC.Cl. The molecule has 0 bridgehead atoms. The van der Waals surface area contributed by atoms with Gasteiger partial charge in [0.2, 0.25) is 5.24 Å². The van der Waals surface area contributed by atoms with E-state index in [9.17, 15) is 10.1 Å². The van der Waals surface area contributed by atoms with Crippen molar-refractivity contribution in [1.82, 2.24) is 4.90 Å². The number of rotatable bonds is 14. The molecule has 2 aromatic carbocycles. The standard InChI is InChI=1S/C28H37ClN2O5.ClH/c1-19(2)28(18-30,21-11-13-24(34-5)26(16-21)36-7)14-8-9-22(27(29)32)31(3)17-20-10-12-23(33-4)25(15-20)35-6;/h10-13,15-16,19,22H,8-9,14,17H2,1-7H3;1H. The maximum Gasteiger partial charge on any atom is 0.238 e. The third-order valence-electron chi connectivity index (χ3n) is 6.81. The van der Waals surface area contributed by atoms with Gasteiger partial charge in [0.05, 0.1) is 46.0 Å². The van der Waals surface area contributed by atoms with Gasteiger partial charge in [-0.1, -0.05) is 26.0 Å². The van der Waals surface area contributed by atoms with Gasteiger partial charge in [-0.25, -0.2) is 0 Å². The normalized spacial score (nSPS) is 13.2. The van der Waals surface area contributed by atoms with Crippen molar-refractivity contribution in [3.05, 3.63) is 47.5 Å². The molecule has 0 fully saturated rings. The van der Waals surface area contributed by atoms with E-state index >= 15 is 0 Å². The van der Waals surface area contributed by atoms with Crippen LogP contribution in [-0.2, 0) is 16.8 Å². The first-order valence-corrected chi connectivity index (χ1v) is 12.3. The van der Waals surface area contributed by atoms with Crippen LogP contribution in [0.2, 0.25) is 0 Å². The van der Waals surface area contributed by atoms with E-state index < -0.39 is 16.7 Å². The number of carbonyl (C=O) groups excluding carboxylic acids is 1. The van der Waals surface area contributed by atoms with E-state index in [1.54, 1.807) is 28.4 Å². The van der Waals surface area contributed by atoms with Crippen molar-refractivity contribution in [2.45, 2.75) is 51.1 Å². The van der Waals surface area contributed by atoms with Crippen LogP contribution in [0.25, 0.3) is 0 Å². The Kier molecular flexibility index (Phi) is 13.1. The van der Waals surface area contributed by atoms with E-state index in [0.29, 0.717) is 48.8 Å². The summed E-state index contributed by atoms with van der Waals surface area (Å²) < 4.78 is 21.5. The summed E-state index contributed by atoms with van der Waals surface area (Å²) >= 11 is 6.03. The summed E-state index contributed by atoms with van der Waals surface area (Å²) in [5.74, 6) is 2.50. The molecule has 2 unspecified atom stereocenters. The Morgan fingerprint density at radius 1 is 0.973 bits per heavy atom.